The number of nitrogens with one attached hydrogen (secondary N) is 1. The summed E-state index contributed by atoms with van der Waals surface area (Å²) in [6, 6.07) is 17.1. The summed E-state index contributed by atoms with van der Waals surface area (Å²) < 4.78 is 0. The van der Waals surface area contributed by atoms with E-state index in [-0.39, 0.29) is 24.3 Å². The zero-order valence-electron chi connectivity index (χ0n) is 15.2. The van der Waals surface area contributed by atoms with E-state index in [1.165, 1.54) is 18.3 Å². The van der Waals surface area contributed by atoms with Gasteiger partial charge in [0.15, 0.2) is 0 Å². The van der Waals surface area contributed by atoms with E-state index in [9.17, 15) is 9.59 Å². The number of rotatable bonds is 4. The molecule has 2 heterocycles. The van der Waals surface area contributed by atoms with Gasteiger partial charge in [-0.1, -0.05) is 65.9 Å². The first-order valence-electron chi connectivity index (χ1n) is 8.86. The Balaban J connectivity index is 1.51. The largest absolute Gasteiger partial charge is 0.311 e. The Hall–Kier alpha value is -3.32. The van der Waals surface area contributed by atoms with Crippen LogP contribution in [-0.2, 0) is 9.59 Å². The lowest BCUT2D eigenvalue weighted by Crippen LogP contribution is -2.33. The van der Waals surface area contributed by atoms with Crippen molar-refractivity contribution in [2.45, 2.75) is 19.4 Å². The number of amides is 2. The number of nitrogens with zero attached hydrogens (tertiary/aromatic N) is 3. The summed E-state index contributed by atoms with van der Waals surface area (Å²) in [5.41, 5.74) is 2.92. The number of anilines is 1. The lowest BCUT2D eigenvalue weighted by Gasteiger charge is -2.32. The Kier molecular flexibility index (Phi) is 4.99. The third-order valence-electron chi connectivity index (χ3n) is 4.54. The molecule has 0 saturated carbocycles. The molecule has 4 rings (SSSR count). The molecule has 1 atom stereocenters. The number of carbonyl (C=O) groups is 2. The van der Waals surface area contributed by atoms with E-state index in [0.717, 1.165) is 21.7 Å². The van der Waals surface area contributed by atoms with Crippen molar-refractivity contribution in [3.8, 4) is 10.6 Å². The summed E-state index contributed by atoms with van der Waals surface area (Å²) in [7, 11) is 0. The van der Waals surface area contributed by atoms with E-state index in [0.29, 0.717) is 5.13 Å². The maximum Gasteiger partial charge on any atom is 0.228 e. The molecular formula is C21H18N4O2S. The molecule has 1 aromatic heterocycles. The van der Waals surface area contributed by atoms with Crippen LogP contribution >= 0.6 is 11.3 Å². The molecular weight excluding hydrogens is 372 g/mol. The zero-order chi connectivity index (χ0) is 19.5. The predicted molar refractivity (Wildman–Crippen MR) is 109 cm³/mol. The number of benzene rings is 2. The molecule has 140 valence electrons. The van der Waals surface area contributed by atoms with Gasteiger partial charge in [0.05, 0.1) is 12.5 Å². The Labute approximate surface area is 166 Å². The van der Waals surface area contributed by atoms with Crippen LogP contribution in [0.2, 0.25) is 0 Å². The summed E-state index contributed by atoms with van der Waals surface area (Å²) in [6.45, 7) is 1.50. The van der Waals surface area contributed by atoms with E-state index in [1.54, 1.807) is 11.1 Å². The number of aromatic nitrogens is 2. The van der Waals surface area contributed by atoms with E-state index in [2.05, 4.69) is 15.5 Å². The maximum absolute atomic E-state index is 12.7. The van der Waals surface area contributed by atoms with Gasteiger partial charge < -0.3 is 10.2 Å². The SMILES string of the molecule is CC(=O)N1C=Cc2ccccc2[C@H]1CC(=O)Nc1nnc(-c2ccccc2)s1. The first-order valence-corrected chi connectivity index (χ1v) is 9.68. The highest BCUT2D eigenvalue weighted by Gasteiger charge is 2.28. The van der Waals surface area contributed by atoms with Crippen molar-refractivity contribution in [1.82, 2.24) is 15.1 Å². The number of hydrogen-bond acceptors (Lipinski definition) is 5. The van der Waals surface area contributed by atoms with Crippen LogP contribution in [0.15, 0.2) is 60.8 Å². The van der Waals surface area contributed by atoms with Crippen LogP contribution in [-0.4, -0.2) is 26.9 Å². The molecule has 7 heteroatoms. The minimum atomic E-state index is -0.347. The van der Waals surface area contributed by atoms with Gasteiger partial charge in [-0.2, -0.15) is 0 Å². The molecule has 2 aromatic carbocycles. The summed E-state index contributed by atoms with van der Waals surface area (Å²) in [6.07, 6.45) is 3.77. The molecule has 6 nitrogen and oxygen atoms in total. The van der Waals surface area contributed by atoms with Gasteiger partial charge in [-0.15, -0.1) is 10.2 Å². The lowest BCUT2D eigenvalue weighted by atomic mass is 9.93. The summed E-state index contributed by atoms with van der Waals surface area (Å²) >= 11 is 1.32. The van der Waals surface area contributed by atoms with Gasteiger partial charge in [0, 0.05) is 18.7 Å². The van der Waals surface area contributed by atoms with Crippen LogP contribution in [0.5, 0.6) is 0 Å². The number of carbonyl (C=O) groups excluding carboxylic acids is 2. The minimum absolute atomic E-state index is 0.106. The summed E-state index contributed by atoms with van der Waals surface area (Å²) in [5.74, 6) is -0.317. The molecule has 2 amide bonds. The van der Waals surface area contributed by atoms with Crippen LogP contribution in [0.4, 0.5) is 5.13 Å². The van der Waals surface area contributed by atoms with Gasteiger partial charge in [0.2, 0.25) is 16.9 Å². The highest BCUT2D eigenvalue weighted by atomic mass is 32.1. The van der Waals surface area contributed by atoms with Crippen LogP contribution in [0, 0.1) is 0 Å². The third-order valence-corrected chi connectivity index (χ3v) is 5.43. The first-order chi connectivity index (χ1) is 13.6. The average molecular weight is 390 g/mol. The topological polar surface area (TPSA) is 75.2 Å². The highest BCUT2D eigenvalue weighted by molar-refractivity contribution is 7.18. The van der Waals surface area contributed by atoms with Crippen molar-refractivity contribution >= 4 is 34.4 Å². The fourth-order valence-corrected chi connectivity index (χ4v) is 4.00. The fourth-order valence-electron chi connectivity index (χ4n) is 3.23. The third kappa shape index (κ3) is 3.70. The normalized spacial score (nSPS) is 15.2. The van der Waals surface area contributed by atoms with E-state index in [1.807, 2.05) is 60.7 Å². The monoisotopic (exact) mass is 390 g/mol. The van der Waals surface area contributed by atoms with Gasteiger partial charge >= 0.3 is 0 Å². The van der Waals surface area contributed by atoms with Crippen molar-refractivity contribution < 1.29 is 9.59 Å². The van der Waals surface area contributed by atoms with Gasteiger partial charge in [-0.3, -0.25) is 9.59 Å². The molecule has 1 aliphatic rings. The average Bonchev–Trinajstić information content (AvgIpc) is 3.17. The standard InChI is InChI=1S/C21H18N4O2S/c1-14(26)25-12-11-15-7-5-6-10-17(15)18(25)13-19(27)22-21-24-23-20(28-21)16-8-3-2-4-9-16/h2-12,18H,13H2,1H3,(H,22,24,27)/t18-/m1/s1. The second-order valence-corrected chi connectivity index (χ2v) is 7.39. The molecule has 0 spiro atoms. The Bertz CT molecular complexity index is 1050. The smallest absolute Gasteiger partial charge is 0.228 e. The van der Waals surface area contributed by atoms with Crippen LogP contribution < -0.4 is 5.32 Å². The number of fused-ring (bicyclic) bond motifs is 1. The predicted octanol–water partition coefficient (Wildman–Crippen LogP) is 4.11. The molecule has 0 unspecified atom stereocenters. The molecule has 0 aliphatic carbocycles. The lowest BCUT2D eigenvalue weighted by molar-refractivity contribution is -0.129. The zero-order valence-corrected chi connectivity index (χ0v) is 16.0. The fraction of sp³-hybridized carbons (Fsp3) is 0.143. The summed E-state index contributed by atoms with van der Waals surface area (Å²) in [4.78, 5) is 26.3. The van der Waals surface area contributed by atoms with Crippen molar-refractivity contribution in [2.24, 2.45) is 0 Å². The van der Waals surface area contributed by atoms with Gasteiger partial charge in [-0.05, 0) is 17.2 Å². The van der Waals surface area contributed by atoms with Crippen molar-refractivity contribution in [1.29, 1.82) is 0 Å². The molecule has 0 radical (unpaired) electrons. The van der Waals surface area contributed by atoms with Gasteiger partial charge in [0.25, 0.3) is 0 Å². The highest BCUT2D eigenvalue weighted by Crippen LogP contribution is 2.33. The van der Waals surface area contributed by atoms with E-state index in [4.69, 9.17) is 0 Å². The van der Waals surface area contributed by atoms with Crippen LogP contribution in [0.1, 0.15) is 30.5 Å². The van der Waals surface area contributed by atoms with Crippen molar-refractivity contribution in [3.05, 3.63) is 71.9 Å². The van der Waals surface area contributed by atoms with Gasteiger partial charge in [0.1, 0.15) is 5.01 Å². The number of hydrogen-bond donors (Lipinski definition) is 1. The molecule has 1 N–H and O–H groups in total. The van der Waals surface area contributed by atoms with Crippen LogP contribution in [0.25, 0.3) is 16.6 Å². The van der Waals surface area contributed by atoms with Crippen molar-refractivity contribution in [3.63, 3.8) is 0 Å². The molecule has 0 bridgehead atoms. The Morgan fingerprint density at radius 1 is 1.07 bits per heavy atom. The second-order valence-electron chi connectivity index (χ2n) is 6.42. The molecule has 0 saturated heterocycles. The quantitative estimate of drug-likeness (QED) is 0.727. The van der Waals surface area contributed by atoms with Crippen LogP contribution in [0.3, 0.4) is 0 Å². The minimum Gasteiger partial charge on any atom is -0.311 e. The van der Waals surface area contributed by atoms with E-state index >= 15 is 0 Å². The molecule has 3 aromatic rings. The van der Waals surface area contributed by atoms with E-state index < -0.39 is 0 Å². The Morgan fingerprint density at radius 2 is 1.82 bits per heavy atom. The van der Waals surface area contributed by atoms with Gasteiger partial charge in [-0.25, -0.2) is 0 Å². The second kappa shape index (κ2) is 7.74. The summed E-state index contributed by atoms with van der Waals surface area (Å²) in [5, 5.41) is 12.2. The first kappa shape index (κ1) is 18.1. The molecule has 0 fully saturated rings. The molecule has 1 aliphatic heterocycles. The Morgan fingerprint density at radius 3 is 2.61 bits per heavy atom. The maximum atomic E-state index is 12.7. The van der Waals surface area contributed by atoms with Crippen molar-refractivity contribution in [2.75, 3.05) is 5.32 Å². The molecule has 28 heavy (non-hydrogen) atoms.